The number of nitrogens with zero attached hydrogens (tertiary/aromatic N) is 3. The van der Waals surface area contributed by atoms with Crippen LogP contribution in [0.25, 0.3) is 0 Å². The average Bonchev–Trinajstić information content (AvgIpc) is 3.22. The first-order valence-corrected chi connectivity index (χ1v) is 10.0. The number of piperidine rings is 1. The summed E-state index contributed by atoms with van der Waals surface area (Å²) in [6.07, 6.45) is 5.41. The Balaban J connectivity index is 1.55. The van der Waals surface area contributed by atoms with E-state index in [2.05, 4.69) is 10.2 Å². The topological polar surface area (TPSA) is 95.8 Å². The van der Waals surface area contributed by atoms with Gasteiger partial charge in [-0.05, 0) is 50.8 Å². The fraction of sp³-hybridized carbons (Fsp3) is 0.600. The SMILES string of the molecule is Cc1cc([N+](=O)[O-])ccc1NC(=O)CCN1CCCCC1C(=O)N1CCCC1. The summed E-state index contributed by atoms with van der Waals surface area (Å²) in [6.45, 7) is 4.82. The number of non-ortho nitro benzene ring substituents is 1. The Bertz CT molecular complexity index is 746. The zero-order valence-electron chi connectivity index (χ0n) is 16.4. The largest absolute Gasteiger partial charge is 0.341 e. The molecule has 0 saturated carbocycles. The van der Waals surface area contributed by atoms with Gasteiger partial charge in [-0.25, -0.2) is 0 Å². The first kappa shape index (κ1) is 20.3. The number of aryl methyl sites for hydroxylation is 1. The Morgan fingerprint density at radius 1 is 1.18 bits per heavy atom. The number of nitro benzene ring substituents is 1. The molecule has 0 aliphatic carbocycles. The second-order valence-electron chi connectivity index (χ2n) is 7.63. The van der Waals surface area contributed by atoms with Crippen molar-refractivity contribution in [1.82, 2.24) is 9.80 Å². The number of nitrogens with one attached hydrogen (secondary N) is 1. The maximum absolute atomic E-state index is 12.8. The van der Waals surface area contributed by atoms with Crippen LogP contribution in [0.5, 0.6) is 0 Å². The van der Waals surface area contributed by atoms with Crippen molar-refractivity contribution in [2.75, 3.05) is 31.5 Å². The van der Waals surface area contributed by atoms with Gasteiger partial charge in [-0.15, -0.1) is 0 Å². The minimum Gasteiger partial charge on any atom is -0.341 e. The van der Waals surface area contributed by atoms with Crippen molar-refractivity contribution in [3.63, 3.8) is 0 Å². The molecule has 2 heterocycles. The molecular formula is C20H28N4O4. The standard InChI is InChI=1S/C20H28N4O4/c1-15-14-16(24(27)28)7-8-17(15)21-19(25)9-13-22-10-3-2-6-18(22)20(26)23-11-4-5-12-23/h7-8,14,18H,2-6,9-13H2,1H3,(H,21,25). The lowest BCUT2D eigenvalue weighted by atomic mass is 10.0. The van der Waals surface area contributed by atoms with E-state index in [1.807, 2.05) is 4.90 Å². The molecule has 2 aliphatic heterocycles. The smallest absolute Gasteiger partial charge is 0.269 e. The highest BCUT2D eigenvalue weighted by Crippen LogP contribution is 2.23. The molecule has 8 heteroatoms. The van der Waals surface area contributed by atoms with E-state index in [0.29, 0.717) is 24.2 Å². The van der Waals surface area contributed by atoms with Gasteiger partial charge < -0.3 is 10.2 Å². The zero-order chi connectivity index (χ0) is 20.1. The third kappa shape index (κ3) is 4.86. The van der Waals surface area contributed by atoms with E-state index >= 15 is 0 Å². The summed E-state index contributed by atoms with van der Waals surface area (Å²) in [4.78, 5) is 39.7. The fourth-order valence-corrected chi connectivity index (χ4v) is 4.05. The van der Waals surface area contributed by atoms with Gasteiger partial charge in [-0.2, -0.15) is 0 Å². The van der Waals surface area contributed by atoms with Gasteiger partial charge in [0.15, 0.2) is 0 Å². The van der Waals surface area contributed by atoms with E-state index in [4.69, 9.17) is 0 Å². The molecule has 8 nitrogen and oxygen atoms in total. The van der Waals surface area contributed by atoms with Gasteiger partial charge in [0.2, 0.25) is 11.8 Å². The molecule has 3 rings (SSSR count). The lowest BCUT2D eigenvalue weighted by Gasteiger charge is -2.36. The fourth-order valence-electron chi connectivity index (χ4n) is 4.05. The number of nitro groups is 1. The van der Waals surface area contributed by atoms with Crippen LogP contribution in [0, 0.1) is 17.0 Å². The Morgan fingerprint density at radius 3 is 2.57 bits per heavy atom. The number of benzene rings is 1. The Labute approximate surface area is 165 Å². The molecule has 1 aromatic rings. The van der Waals surface area contributed by atoms with E-state index in [-0.39, 0.29) is 23.5 Å². The number of carbonyl (C=O) groups is 2. The van der Waals surface area contributed by atoms with Crippen molar-refractivity contribution in [2.45, 2.75) is 51.5 Å². The van der Waals surface area contributed by atoms with E-state index in [1.165, 1.54) is 12.1 Å². The maximum Gasteiger partial charge on any atom is 0.269 e. The average molecular weight is 388 g/mol. The molecular weight excluding hydrogens is 360 g/mol. The minimum absolute atomic E-state index is 0.00656. The van der Waals surface area contributed by atoms with E-state index in [0.717, 1.165) is 51.7 Å². The van der Waals surface area contributed by atoms with Crippen LogP contribution in [-0.4, -0.2) is 58.8 Å². The maximum atomic E-state index is 12.8. The molecule has 1 unspecified atom stereocenters. The molecule has 28 heavy (non-hydrogen) atoms. The molecule has 1 aromatic carbocycles. The molecule has 2 aliphatic rings. The number of anilines is 1. The summed E-state index contributed by atoms with van der Waals surface area (Å²) in [7, 11) is 0. The first-order chi connectivity index (χ1) is 13.5. The van der Waals surface area contributed by atoms with Crippen molar-refractivity contribution < 1.29 is 14.5 Å². The normalized spacial score (nSPS) is 20.2. The Hall–Kier alpha value is -2.48. The number of hydrogen-bond donors (Lipinski definition) is 1. The summed E-state index contributed by atoms with van der Waals surface area (Å²) in [5, 5.41) is 13.7. The molecule has 1 atom stereocenters. The molecule has 1 N–H and O–H groups in total. The van der Waals surface area contributed by atoms with Gasteiger partial charge in [0, 0.05) is 43.9 Å². The summed E-state index contributed by atoms with van der Waals surface area (Å²) in [6, 6.07) is 4.29. The monoisotopic (exact) mass is 388 g/mol. The Morgan fingerprint density at radius 2 is 1.89 bits per heavy atom. The quantitative estimate of drug-likeness (QED) is 0.597. The highest BCUT2D eigenvalue weighted by Gasteiger charge is 2.32. The third-order valence-corrected chi connectivity index (χ3v) is 5.64. The summed E-state index contributed by atoms with van der Waals surface area (Å²) < 4.78 is 0. The summed E-state index contributed by atoms with van der Waals surface area (Å²) in [5.41, 5.74) is 1.24. The molecule has 2 saturated heterocycles. The third-order valence-electron chi connectivity index (χ3n) is 5.64. The van der Waals surface area contributed by atoms with Gasteiger partial charge in [0.1, 0.15) is 0 Å². The van der Waals surface area contributed by atoms with Crippen LogP contribution in [0.3, 0.4) is 0 Å². The number of carbonyl (C=O) groups excluding carboxylic acids is 2. The van der Waals surface area contributed by atoms with Gasteiger partial charge in [0.25, 0.3) is 5.69 Å². The molecule has 0 spiro atoms. The van der Waals surface area contributed by atoms with Crippen LogP contribution in [0.1, 0.15) is 44.1 Å². The number of rotatable bonds is 6. The number of likely N-dealkylation sites (tertiary alicyclic amines) is 2. The van der Waals surface area contributed by atoms with E-state index < -0.39 is 4.92 Å². The van der Waals surface area contributed by atoms with Crippen LogP contribution in [-0.2, 0) is 9.59 Å². The van der Waals surface area contributed by atoms with Crippen LogP contribution < -0.4 is 5.32 Å². The van der Waals surface area contributed by atoms with Crippen LogP contribution in [0.15, 0.2) is 18.2 Å². The number of amides is 2. The lowest BCUT2D eigenvalue weighted by molar-refractivity contribution is -0.384. The van der Waals surface area contributed by atoms with Crippen molar-refractivity contribution in [3.05, 3.63) is 33.9 Å². The number of hydrogen-bond acceptors (Lipinski definition) is 5. The van der Waals surface area contributed by atoms with Crippen molar-refractivity contribution in [3.8, 4) is 0 Å². The highest BCUT2D eigenvalue weighted by molar-refractivity contribution is 5.91. The molecule has 0 bridgehead atoms. The predicted octanol–water partition coefficient (Wildman–Crippen LogP) is 2.71. The van der Waals surface area contributed by atoms with Crippen molar-refractivity contribution in [1.29, 1.82) is 0 Å². The van der Waals surface area contributed by atoms with Crippen LogP contribution >= 0.6 is 0 Å². The van der Waals surface area contributed by atoms with Gasteiger partial charge in [0.05, 0.1) is 11.0 Å². The van der Waals surface area contributed by atoms with E-state index in [1.54, 1.807) is 13.0 Å². The van der Waals surface area contributed by atoms with Crippen molar-refractivity contribution in [2.24, 2.45) is 0 Å². The van der Waals surface area contributed by atoms with Gasteiger partial charge in [-0.1, -0.05) is 6.42 Å². The van der Waals surface area contributed by atoms with E-state index in [9.17, 15) is 19.7 Å². The van der Waals surface area contributed by atoms with Crippen LogP contribution in [0.4, 0.5) is 11.4 Å². The van der Waals surface area contributed by atoms with Crippen molar-refractivity contribution >= 4 is 23.2 Å². The predicted molar refractivity (Wildman–Crippen MR) is 106 cm³/mol. The molecule has 0 radical (unpaired) electrons. The zero-order valence-corrected chi connectivity index (χ0v) is 16.4. The Kier molecular flexibility index (Phi) is 6.61. The summed E-state index contributed by atoms with van der Waals surface area (Å²) in [5.74, 6) is 0.0683. The molecule has 2 amide bonds. The lowest BCUT2D eigenvalue weighted by Crippen LogP contribution is -2.50. The molecule has 152 valence electrons. The molecule has 2 fully saturated rings. The minimum atomic E-state index is -0.452. The van der Waals surface area contributed by atoms with Gasteiger partial charge in [-0.3, -0.25) is 24.6 Å². The summed E-state index contributed by atoms with van der Waals surface area (Å²) >= 11 is 0. The van der Waals surface area contributed by atoms with Gasteiger partial charge >= 0.3 is 0 Å². The first-order valence-electron chi connectivity index (χ1n) is 10.0. The highest BCUT2D eigenvalue weighted by atomic mass is 16.6. The second-order valence-corrected chi connectivity index (χ2v) is 7.63. The van der Waals surface area contributed by atoms with Crippen LogP contribution in [0.2, 0.25) is 0 Å². The molecule has 0 aromatic heterocycles. The second kappa shape index (κ2) is 9.14.